The molecule has 0 saturated carbocycles. The predicted octanol–water partition coefficient (Wildman–Crippen LogP) is 3.37. The van der Waals surface area contributed by atoms with Gasteiger partial charge in [-0.15, -0.1) is 15.3 Å². The number of benzene rings is 1. The molecule has 0 aliphatic heterocycles. The van der Waals surface area contributed by atoms with Gasteiger partial charge in [0.25, 0.3) is 5.95 Å². The number of azo groups is 1. The molecule has 0 amide bonds. The molecule has 24 heavy (non-hydrogen) atoms. The van der Waals surface area contributed by atoms with Gasteiger partial charge in [-0.1, -0.05) is 11.6 Å². The number of carbonyl (C=O) groups is 1. The third-order valence-electron chi connectivity index (χ3n) is 3.24. The average molecular weight is 346 g/mol. The average Bonchev–Trinajstić information content (AvgIpc) is 3.12. The molecule has 122 valence electrons. The zero-order valence-corrected chi connectivity index (χ0v) is 13.5. The van der Waals surface area contributed by atoms with Gasteiger partial charge in [0.05, 0.1) is 17.1 Å². The zero-order chi connectivity index (χ0) is 17.3. The van der Waals surface area contributed by atoms with Crippen molar-refractivity contribution in [1.82, 2.24) is 25.0 Å². The van der Waals surface area contributed by atoms with Gasteiger partial charge in [0.1, 0.15) is 5.69 Å². The minimum absolute atomic E-state index is 0.0644. The second-order valence-corrected chi connectivity index (χ2v) is 5.33. The largest absolute Gasteiger partial charge is 0.475 e. The SMILES string of the molecule is Cc1nn(-c2ccc(Cl)cc2)c(C)c1N=Nc1n[nH]c(C(=O)O)n1. The first-order chi connectivity index (χ1) is 11.5. The molecule has 1 aromatic carbocycles. The second kappa shape index (κ2) is 6.20. The highest BCUT2D eigenvalue weighted by Crippen LogP contribution is 2.27. The fraction of sp³-hybridized carbons (Fsp3) is 0.143. The van der Waals surface area contributed by atoms with Crippen LogP contribution in [0, 0.1) is 13.8 Å². The molecule has 0 spiro atoms. The van der Waals surface area contributed by atoms with Crippen LogP contribution in [0.25, 0.3) is 5.69 Å². The number of nitrogens with one attached hydrogen (secondary N) is 1. The highest BCUT2D eigenvalue weighted by molar-refractivity contribution is 6.30. The maximum Gasteiger partial charge on any atom is 0.373 e. The van der Waals surface area contributed by atoms with Gasteiger partial charge in [0.2, 0.25) is 5.82 Å². The molecule has 0 aliphatic rings. The number of aryl methyl sites for hydroxylation is 1. The van der Waals surface area contributed by atoms with Gasteiger partial charge in [-0.2, -0.15) is 10.1 Å². The number of aromatic amines is 1. The van der Waals surface area contributed by atoms with Crippen molar-refractivity contribution < 1.29 is 9.90 Å². The lowest BCUT2D eigenvalue weighted by molar-refractivity contribution is 0.0684. The van der Waals surface area contributed by atoms with E-state index in [1.54, 1.807) is 23.7 Å². The molecule has 2 heterocycles. The lowest BCUT2D eigenvalue weighted by atomic mass is 10.3. The fourth-order valence-electron chi connectivity index (χ4n) is 2.10. The maximum atomic E-state index is 10.8. The molecular formula is C14H12ClN7O2. The molecule has 9 nitrogen and oxygen atoms in total. The topological polar surface area (TPSA) is 121 Å². The third-order valence-corrected chi connectivity index (χ3v) is 3.49. The molecule has 0 saturated heterocycles. The number of rotatable bonds is 4. The highest BCUT2D eigenvalue weighted by atomic mass is 35.5. The first kappa shape index (κ1) is 15.8. The molecule has 0 unspecified atom stereocenters. The fourth-order valence-corrected chi connectivity index (χ4v) is 2.23. The quantitative estimate of drug-likeness (QED) is 0.702. The molecule has 10 heteroatoms. The third kappa shape index (κ3) is 3.01. The lowest BCUT2D eigenvalue weighted by Gasteiger charge is -2.03. The molecule has 3 rings (SSSR count). The summed E-state index contributed by atoms with van der Waals surface area (Å²) in [6.45, 7) is 3.65. The Morgan fingerprint density at radius 1 is 1.25 bits per heavy atom. The first-order valence-electron chi connectivity index (χ1n) is 6.85. The molecule has 2 aromatic heterocycles. The summed E-state index contributed by atoms with van der Waals surface area (Å²) in [4.78, 5) is 14.4. The van der Waals surface area contributed by atoms with Crippen molar-refractivity contribution in [2.24, 2.45) is 10.2 Å². The van der Waals surface area contributed by atoms with E-state index in [1.165, 1.54) is 0 Å². The normalized spacial score (nSPS) is 11.3. The molecule has 0 aliphatic carbocycles. The minimum atomic E-state index is -1.22. The van der Waals surface area contributed by atoms with Crippen LogP contribution in [0.3, 0.4) is 0 Å². The van der Waals surface area contributed by atoms with Crippen molar-refractivity contribution >= 4 is 29.2 Å². The first-order valence-corrected chi connectivity index (χ1v) is 7.23. The molecule has 0 atom stereocenters. The van der Waals surface area contributed by atoms with Crippen LogP contribution in [-0.4, -0.2) is 36.0 Å². The number of aromatic carboxylic acids is 1. The van der Waals surface area contributed by atoms with Crippen LogP contribution in [0.5, 0.6) is 0 Å². The Hall–Kier alpha value is -3.07. The Kier molecular flexibility index (Phi) is 4.09. The summed E-state index contributed by atoms with van der Waals surface area (Å²) in [5.74, 6) is -1.58. The van der Waals surface area contributed by atoms with Crippen LogP contribution in [0.4, 0.5) is 11.6 Å². The summed E-state index contributed by atoms with van der Waals surface area (Å²) in [5, 5.41) is 27.7. The van der Waals surface area contributed by atoms with E-state index in [4.69, 9.17) is 16.7 Å². The molecular weight excluding hydrogens is 334 g/mol. The molecule has 2 N–H and O–H groups in total. The van der Waals surface area contributed by atoms with Crippen molar-refractivity contribution in [3.63, 3.8) is 0 Å². The highest BCUT2D eigenvalue weighted by Gasteiger charge is 2.14. The van der Waals surface area contributed by atoms with Gasteiger partial charge in [-0.3, -0.25) is 5.10 Å². The summed E-state index contributed by atoms with van der Waals surface area (Å²) in [7, 11) is 0. The summed E-state index contributed by atoms with van der Waals surface area (Å²) >= 11 is 5.90. The van der Waals surface area contributed by atoms with Crippen molar-refractivity contribution in [2.75, 3.05) is 0 Å². The van der Waals surface area contributed by atoms with E-state index >= 15 is 0 Å². The van der Waals surface area contributed by atoms with Crippen molar-refractivity contribution in [3.8, 4) is 5.69 Å². The standard InChI is InChI=1S/C14H12ClN7O2/c1-7-11(17-19-14-16-12(13(23)24)18-20-14)8(2)22(21-7)10-5-3-9(15)4-6-10/h3-6H,1-2H3,(H,23,24)(H,16,18,20). The number of hydrogen-bond acceptors (Lipinski definition) is 6. The number of hydrogen-bond donors (Lipinski definition) is 2. The Bertz CT molecular complexity index is 927. The maximum absolute atomic E-state index is 10.8. The Labute approximate surface area is 141 Å². The van der Waals surface area contributed by atoms with E-state index in [-0.39, 0.29) is 11.8 Å². The number of carboxylic acid groups (broad SMARTS) is 1. The van der Waals surface area contributed by atoms with E-state index in [1.807, 2.05) is 19.1 Å². The van der Waals surface area contributed by atoms with E-state index in [0.29, 0.717) is 16.4 Å². The number of H-pyrrole nitrogens is 1. The van der Waals surface area contributed by atoms with Gasteiger partial charge in [0.15, 0.2) is 0 Å². The molecule has 3 aromatic rings. The van der Waals surface area contributed by atoms with Gasteiger partial charge in [0, 0.05) is 5.02 Å². The monoisotopic (exact) mass is 345 g/mol. The lowest BCUT2D eigenvalue weighted by Crippen LogP contribution is -1.98. The van der Waals surface area contributed by atoms with Crippen LogP contribution in [-0.2, 0) is 0 Å². The summed E-state index contributed by atoms with van der Waals surface area (Å²) < 4.78 is 1.72. The van der Waals surface area contributed by atoms with Crippen LogP contribution in [0.2, 0.25) is 5.02 Å². The number of carboxylic acids is 1. The number of halogens is 1. The van der Waals surface area contributed by atoms with Crippen LogP contribution < -0.4 is 0 Å². The van der Waals surface area contributed by atoms with Gasteiger partial charge < -0.3 is 5.11 Å². The summed E-state index contributed by atoms with van der Waals surface area (Å²) in [6, 6.07) is 7.24. The second-order valence-electron chi connectivity index (χ2n) is 4.90. The number of aromatic nitrogens is 5. The summed E-state index contributed by atoms with van der Waals surface area (Å²) in [5.41, 5.74) is 2.84. The summed E-state index contributed by atoms with van der Waals surface area (Å²) in [6.07, 6.45) is 0. The Balaban J connectivity index is 1.92. The molecule has 0 fully saturated rings. The van der Waals surface area contributed by atoms with Crippen molar-refractivity contribution in [2.45, 2.75) is 13.8 Å². The van der Waals surface area contributed by atoms with Gasteiger partial charge in [-0.25, -0.2) is 9.48 Å². The Morgan fingerprint density at radius 2 is 1.96 bits per heavy atom. The van der Waals surface area contributed by atoms with Crippen molar-refractivity contribution in [3.05, 3.63) is 46.5 Å². The smallest absolute Gasteiger partial charge is 0.373 e. The van der Waals surface area contributed by atoms with Gasteiger partial charge >= 0.3 is 5.97 Å². The van der Waals surface area contributed by atoms with Crippen LogP contribution >= 0.6 is 11.6 Å². The zero-order valence-electron chi connectivity index (χ0n) is 12.7. The van der Waals surface area contributed by atoms with Crippen molar-refractivity contribution in [1.29, 1.82) is 0 Å². The van der Waals surface area contributed by atoms with E-state index in [9.17, 15) is 4.79 Å². The minimum Gasteiger partial charge on any atom is -0.475 e. The van der Waals surface area contributed by atoms with E-state index in [2.05, 4.69) is 30.5 Å². The van der Waals surface area contributed by atoms with Gasteiger partial charge in [-0.05, 0) is 38.1 Å². The Morgan fingerprint density at radius 3 is 2.58 bits per heavy atom. The molecule has 0 bridgehead atoms. The number of nitrogens with zero attached hydrogens (tertiary/aromatic N) is 6. The van der Waals surface area contributed by atoms with E-state index in [0.717, 1.165) is 11.4 Å². The van der Waals surface area contributed by atoms with Crippen LogP contribution in [0.1, 0.15) is 22.0 Å². The van der Waals surface area contributed by atoms with Crippen LogP contribution in [0.15, 0.2) is 34.5 Å². The predicted molar refractivity (Wildman–Crippen MR) is 85.6 cm³/mol. The van der Waals surface area contributed by atoms with E-state index < -0.39 is 5.97 Å². The molecule has 0 radical (unpaired) electrons.